The molecule has 0 aliphatic heterocycles. The highest BCUT2D eigenvalue weighted by Gasteiger charge is 2.29. The van der Waals surface area contributed by atoms with Crippen molar-refractivity contribution in [2.75, 3.05) is 0 Å². The number of nitrogens with zero attached hydrogens (tertiary/aromatic N) is 2. The lowest BCUT2D eigenvalue weighted by molar-refractivity contribution is 0.0509. The molecule has 0 spiro atoms. The van der Waals surface area contributed by atoms with Crippen LogP contribution in [0.3, 0.4) is 0 Å². The van der Waals surface area contributed by atoms with Gasteiger partial charge in [0.2, 0.25) is 0 Å². The molecule has 0 amide bonds. The molecule has 3 nitrogen and oxygen atoms in total. The SMILES string of the molecule is CCn1nc(C)c(Cl)c1CC1CC(C)CCC1O. The Labute approximate surface area is 114 Å². The molecule has 0 radical (unpaired) electrons. The summed E-state index contributed by atoms with van der Waals surface area (Å²) in [6, 6.07) is 0. The quantitative estimate of drug-likeness (QED) is 0.916. The molecule has 0 bridgehead atoms. The molecule has 0 aromatic carbocycles. The van der Waals surface area contributed by atoms with Crippen LogP contribution in [0.4, 0.5) is 0 Å². The van der Waals surface area contributed by atoms with Gasteiger partial charge in [-0.1, -0.05) is 18.5 Å². The summed E-state index contributed by atoms with van der Waals surface area (Å²) in [5, 5.41) is 15.4. The molecule has 1 aromatic rings. The summed E-state index contributed by atoms with van der Waals surface area (Å²) in [6.07, 6.45) is 3.81. The smallest absolute Gasteiger partial charge is 0.0847 e. The van der Waals surface area contributed by atoms with Crippen molar-refractivity contribution in [3.8, 4) is 0 Å². The van der Waals surface area contributed by atoms with Gasteiger partial charge in [0.15, 0.2) is 0 Å². The van der Waals surface area contributed by atoms with Gasteiger partial charge in [-0.15, -0.1) is 0 Å². The summed E-state index contributed by atoms with van der Waals surface area (Å²) >= 11 is 6.33. The maximum absolute atomic E-state index is 10.1. The van der Waals surface area contributed by atoms with Crippen LogP contribution < -0.4 is 0 Å². The number of aryl methyl sites for hydroxylation is 2. The molecule has 102 valence electrons. The molecule has 0 saturated heterocycles. The van der Waals surface area contributed by atoms with Crippen LogP contribution in [0.1, 0.15) is 44.5 Å². The van der Waals surface area contributed by atoms with Crippen LogP contribution in [0.15, 0.2) is 0 Å². The molecule has 3 unspecified atom stereocenters. The summed E-state index contributed by atoms with van der Waals surface area (Å²) in [7, 11) is 0. The van der Waals surface area contributed by atoms with Crippen LogP contribution in [-0.2, 0) is 13.0 Å². The van der Waals surface area contributed by atoms with Gasteiger partial charge in [-0.05, 0) is 51.4 Å². The Bertz CT molecular complexity index is 416. The summed E-state index contributed by atoms with van der Waals surface area (Å²) in [5.41, 5.74) is 1.99. The van der Waals surface area contributed by atoms with Gasteiger partial charge in [-0.3, -0.25) is 4.68 Å². The van der Waals surface area contributed by atoms with E-state index in [9.17, 15) is 5.11 Å². The molecule has 1 aromatic heterocycles. The van der Waals surface area contributed by atoms with E-state index < -0.39 is 0 Å². The van der Waals surface area contributed by atoms with Gasteiger partial charge in [0, 0.05) is 6.54 Å². The maximum Gasteiger partial charge on any atom is 0.0847 e. The molecular formula is C14H23ClN2O. The van der Waals surface area contributed by atoms with Gasteiger partial charge in [0.05, 0.1) is 22.5 Å². The van der Waals surface area contributed by atoms with Crippen molar-refractivity contribution in [2.24, 2.45) is 11.8 Å². The summed E-state index contributed by atoms with van der Waals surface area (Å²) in [6.45, 7) is 7.12. The van der Waals surface area contributed by atoms with Crippen molar-refractivity contribution in [1.82, 2.24) is 9.78 Å². The standard InChI is InChI=1S/C14H23ClN2O/c1-4-17-12(14(15)10(3)16-17)8-11-7-9(2)5-6-13(11)18/h9,11,13,18H,4-8H2,1-3H3. The molecule has 1 aliphatic carbocycles. The minimum Gasteiger partial charge on any atom is -0.393 e. The minimum atomic E-state index is -0.183. The summed E-state index contributed by atoms with van der Waals surface area (Å²) in [5.74, 6) is 1.03. The van der Waals surface area contributed by atoms with E-state index in [1.807, 2.05) is 11.6 Å². The lowest BCUT2D eigenvalue weighted by Gasteiger charge is -2.31. The number of rotatable bonds is 3. The molecule has 3 atom stereocenters. The number of halogens is 1. The van der Waals surface area contributed by atoms with Crippen LogP contribution in [0.25, 0.3) is 0 Å². The second-order valence-electron chi connectivity index (χ2n) is 5.61. The van der Waals surface area contributed by atoms with Gasteiger partial charge in [-0.25, -0.2) is 0 Å². The average molecular weight is 271 g/mol. The monoisotopic (exact) mass is 270 g/mol. The predicted octanol–water partition coefficient (Wildman–Crippen LogP) is 3.20. The summed E-state index contributed by atoms with van der Waals surface area (Å²) < 4.78 is 1.98. The third-order valence-electron chi connectivity index (χ3n) is 4.11. The topological polar surface area (TPSA) is 38.0 Å². The number of aliphatic hydroxyl groups is 1. The van der Waals surface area contributed by atoms with Crippen molar-refractivity contribution < 1.29 is 5.11 Å². The predicted molar refractivity (Wildman–Crippen MR) is 73.9 cm³/mol. The molecule has 18 heavy (non-hydrogen) atoms. The van der Waals surface area contributed by atoms with Gasteiger partial charge in [0.25, 0.3) is 0 Å². The highest BCUT2D eigenvalue weighted by molar-refractivity contribution is 6.31. The lowest BCUT2D eigenvalue weighted by atomic mass is 9.78. The first kappa shape index (κ1) is 13.9. The van der Waals surface area contributed by atoms with E-state index in [1.165, 1.54) is 0 Å². The van der Waals surface area contributed by atoms with Crippen molar-refractivity contribution in [3.63, 3.8) is 0 Å². The van der Waals surface area contributed by atoms with Crippen molar-refractivity contribution >= 4 is 11.6 Å². The van der Waals surface area contributed by atoms with Gasteiger partial charge < -0.3 is 5.11 Å². The van der Waals surface area contributed by atoms with E-state index in [2.05, 4.69) is 18.9 Å². The number of hydrogen-bond acceptors (Lipinski definition) is 2. The minimum absolute atomic E-state index is 0.183. The van der Waals surface area contributed by atoms with E-state index in [4.69, 9.17) is 11.6 Å². The Balaban J connectivity index is 2.17. The van der Waals surface area contributed by atoms with Crippen molar-refractivity contribution in [1.29, 1.82) is 0 Å². The number of aromatic nitrogens is 2. The molecule has 1 N–H and O–H groups in total. The fourth-order valence-corrected chi connectivity index (χ4v) is 3.23. The normalized spacial score (nSPS) is 28.6. The molecule has 1 fully saturated rings. The zero-order chi connectivity index (χ0) is 13.3. The van der Waals surface area contributed by atoms with Crippen LogP contribution in [0, 0.1) is 18.8 Å². The van der Waals surface area contributed by atoms with Gasteiger partial charge in [0.1, 0.15) is 0 Å². The molecule has 2 rings (SSSR count). The van der Waals surface area contributed by atoms with E-state index >= 15 is 0 Å². The Morgan fingerprint density at radius 2 is 2.17 bits per heavy atom. The fraction of sp³-hybridized carbons (Fsp3) is 0.786. The zero-order valence-corrected chi connectivity index (χ0v) is 12.2. The van der Waals surface area contributed by atoms with Gasteiger partial charge in [-0.2, -0.15) is 5.10 Å². The molecule has 1 heterocycles. The second kappa shape index (κ2) is 5.62. The fourth-order valence-electron chi connectivity index (χ4n) is 3.01. The lowest BCUT2D eigenvalue weighted by Crippen LogP contribution is -2.30. The van der Waals surface area contributed by atoms with E-state index in [1.54, 1.807) is 0 Å². The van der Waals surface area contributed by atoms with Crippen LogP contribution in [0.5, 0.6) is 0 Å². The van der Waals surface area contributed by atoms with Crippen LogP contribution >= 0.6 is 11.6 Å². The first-order chi connectivity index (χ1) is 8.52. The second-order valence-corrected chi connectivity index (χ2v) is 5.99. The van der Waals surface area contributed by atoms with E-state index in [-0.39, 0.29) is 6.10 Å². The zero-order valence-electron chi connectivity index (χ0n) is 11.5. The maximum atomic E-state index is 10.1. The van der Waals surface area contributed by atoms with Crippen molar-refractivity contribution in [2.45, 2.75) is 59.1 Å². The van der Waals surface area contributed by atoms with Crippen molar-refractivity contribution in [3.05, 3.63) is 16.4 Å². The molecule has 1 aliphatic rings. The Kier molecular flexibility index (Phi) is 4.33. The first-order valence-electron chi connectivity index (χ1n) is 6.92. The summed E-state index contributed by atoms with van der Waals surface area (Å²) in [4.78, 5) is 0. The third kappa shape index (κ3) is 2.72. The highest BCUT2D eigenvalue weighted by atomic mass is 35.5. The number of hydrogen-bond donors (Lipinski definition) is 1. The van der Waals surface area contributed by atoms with Crippen LogP contribution in [-0.4, -0.2) is 21.0 Å². The Morgan fingerprint density at radius 3 is 2.83 bits per heavy atom. The average Bonchev–Trinajstić information content (AvgIpc) is 2.61. The van der Waals surface area contributed by atoms with Gasteiger partial charge >= 0.3 is 0 Å². The largest absolute Gasteiger partial charge is 0.393 e. The Hall–Kier alpha value is -0.540. The highest BCUT2D eigenvalue weighted by Crippen LogP contribution is 2.33. The molecular weight excluding hydrogens is 248 g/mol. The van der Waals surface area contributed by atoms with E-state index in [0.29, 0.717) is 11.8 Å². The Morgan fingerprint density at radius 1 is 1.44 bits per heavy atom. The van der Waals surface area contributed by atoms with E-state index in [0.717, 1.165) is 48.6 Å². The molecule has 4 heteroatoms. The molecule has 1 saturated carbocycles. The number of aliphatic hydroxyl groups excluding tert-OH is 1. The first-order valence-corrected chi connectivity index (χ1v) is 7.30. The third-order valence-corrected chi connectivity index (χ3v) is 4.60. The van der Waals surface area contributed by atoms with Crippen LogP contribution in [0.2, 0.25) is 5.02 Å².